The highest BCUT2D eigenvalue weighted by atomic mass is 28.3. The summed E-state index contributed by atoms with van der Waals surface area (Å²) in [6.45, 7) is 23.8. The third kappa shape index (κ3) is 10.4. The zero-order valence-corrected chi connectivity index (χ0v) is 32.1. The Labute approximate surface area is 275 Å². The van der Waals surface area contributed by atoms with Crippen LogP contribution in [0.3, 0.4) is 0 Å². The fourth-order valence-corrected chi connectivity index (χ4v) is 8.30. The van der Waals surface area contributed by atoms with Gasteiger partial charge < -0.3 is 14.0 Å². The molecule has 0 radical (unpaired) electrons. The zero-order chi connectivity index (χ0) is 32.7. The van der Waals surface area contributed by atoms with Crippen LogP contribution in [0.5, 0.6) is 0 Å². The van der Waals surface area contributed by atoms with E-state index in [-0.39, 0.29) is 0 Å². The van der Waals surface area contributed by atoms with Crippen LogP contribution in [0.1, 0.15) is 36.0 Å². The number of nitrogens with zero attached hydrogens (tertiary/aromatic N) is 6. The number of hydrogen-bond acceptors (Lipinski definition) is 6. The summed E-state index contributed by atoms with van der Waals surface area (Å²) in [5.74, 6) is 0. The summed E-state index contributed by atoms with van der Waals surface area (Å²) in [5.41, 5.74) is 6.97. The zero-order valence-electron chi connectivity index (χ0n) is 29.1. The number of rotatable bonds is 12. The lowest BCUT2D eigenvalue weighted by Gasteiger charge is -2.37. The van der Waals surface area contributed by atoms with Crippen LogP contribution in [0, 0.1) is 0 Å². The molecule has 0 amide bonds. The molecule has 3 aromatic rings. The van der Waals surface area contributed by atoms with Crippen molar-refractivity contribution in [2.45, 2.75) is 97.8 Å². The topological polar surface area (TPSA) is 46.8 Å². The number of benzene rings is 3. The van der Waals surface area contributed by atoms with E-state index >= 15 is 0 Å². The van der Waals surface area contributed by atoms with E-state index in [1.165, 1.54) is 16.7 Å². The molecule has 0 aromatic heterocycles. The Kier molecular flexibility index (Phi) is 11.4. The molecule has 0 saturated heterocycles. The van der Waals surface area contributed by atoms with Gasteiger partial charge in [-0.1, -0.05) is 150 Å². The predicted octanol–water partition coefficient (Wildman–Crippen LogP) is 9.25. The van der Waals surface area contributed by atoms with Crippen LogP contribution in [-0.4, -0.2) is 55.9 Å². The van der Waals surface area contributed by atoms with E-state index in [1.807, 2.05) is 0 Å². The van der Waals surface area contributed by atoms with Crippen molar-refractivity contribution in [3.05, 3.63) is 108 Å². The van der Waals surface area contributed by atoms with Crippen LogP contribution in [0.25, 0.3) is 0 Å². The molecule has 1 fully saturated rings. The molecule has 1 aliphatic rings. The Hall–Kier alpha value is -3.28. The fourth-order valence-electron chi connectivity index (χ4n) is 5.09. The predicted molar refractivity (Wildman–Crippen MR) is 202 cm³/mol. The quantitative estimate of drug-likeness (QED) is 0.144. The molecule has 6 nitrogen and oxygen atoms in total. The third-order valence-corrected chi connectivity index (χ3v) is 13.3. The molecular weight excluding hydrogens is 601 g/mol. The molecule has 4 rings (SSSR count). The minimum Gasteiger partial charge on any atom is -0.320 e. The summed E-state index contributed by atoms with van der Waals surface area (Å²) in [4.78, 5) is 0. The fraction of sp³-hybridized carbons (Fsp3) is 0.417. The molecule has 240 valence electrons. The largest absolute Gasteiger partial charge is 0.320 e. The average Bonchev–Trinajstić information content (AvgIpc) is 2.97. The van der Waals surface area contributed by atoms with Crippen LogP contribution in [-0.2, 0) is 19.6 Å². The second-order valence-corrected chi connectivity index (χ2v) is 29.6. The van der Waals surface area contributed by atoms with Crippen molar-refractivity contribution < 1.29 is 0 Å². The van der Waals surface area contributed by atoms with Crippen molar-refractivity contribution in [2.24, 2.45) is 15.3 Å². The van der Waals surface area contributed by atoms with Gasteiger partial charge in [0, 0.05) is 0 Å². The summed E-state index contributed by atoms with van der Waals surface area (Å²) < 4.78 is 7.14. The van der Waals surface area contributed by atoms with Crippen molar-refractivity contribution >= 4 is 41.8 Å². The SMILES string of the molecule is C[Si](C)(C)N(Cc1ccccc1)N=C1CCCC(=NN(Cc2ccccc2)[Si](C)(C)C)C1=NN(Cc1ccccc1)[Si](C)(C)C. The Balaban J connectivity index is 1.85. The van der Waals surface area contributed by atoms with Gasteiger partial charge in [0.25, 0.3) is 0 Å². The summed E-state index contributed by atoms with van der Waals surface area (Å²) >= 11 is 0. The highest BCUT2D eigenvalue weighted by Gasteiger charge is 2.32. The van der Waals surface area contributed by atoms with Crippen LogP contribution in [0.2, 0.25) is 58.9 Å². The van der Waals surface area contributed by atoms with Gasteiger partial charge >= 0.3 is 0 Å². The maximum absolute atomic E-state index is 5.58. The highest BCUT2D eigenvalue weighted by molar-refractivity contribution is 6.76. The monoisotopic (exact) mass is 654 g/mol. The van der Waals surface area contributed by atoms with Crippen LogP contribution < -0.4 is 0 Å². The van der Waals surface area contributed by atoms with E-state index in [2.05, 4.69) is 164 Å². The molecule has 0 N–H and O–H groups in total. The Morgan fingerprint density at radius 1 is 0.444 bits per heavy atom. The lowest BCUT2D eigenvalue weighted by Crippen LogP contribution is -2.47. The Morgan fingerprint density at radius 3 is 1.02 bits per heavy atom. The van der Waals surface area contributed by atoms with Crippen LogP contribution >= 0.6 is 0 Å². The van der Waals surface area contributed by atoms with E-state index in [0.717, 1.165) is 56.0 Å². The van der Waals surface area contributed by atoms with Gasteiger partial charge in [-0.3, -0.25) is 0 Å². The maximum atomic E-state index is 5.58. The summed E-state index contributed by atoms with van der Waals surface area (Å²) in [6, 6.07) is 32.2. The minimum atomic E-state index is -1.86. The summed E-state index contributed by atoms with van der Waals surface area (Å²) in [6.07, 6.45) is 2.84. The summed E-state index contributed by atoms with van der Waals surface area (Å²) in [7, 11) is -5.49. The van der Waals surface area contributed by atoms with Gasteiger partial charge in [-0.2, -0.15) is 15.3 Å². The molecule has 0 spiro atoms. The van der Waals surface area contributed by atoms with Gasteiger partial charge in [0.05, 0.1) is 31.1 Å². The van der Waals surface area contributed by atoms with Crippen molar-refractivity contribution in [3.8, 4) is 0 Å². The molecule has 3 aromatic carbocycles. The smallest absolute Gasteiger partial charge is 0.169 e. The lowest BCUT2D eigenvalue weighted by atomic mass is 9.94. The molecule has 0 unspecified atom stereocenters. The van der Waals surface area contributed by atoms with Gasteiger partial charge in [0.1, 0.15) is 5.71 Å². The van der Waals surface area contributed by atoms with E-state index in [9.17, 15) is 0 Å². The first kappa shape index (κ1) is 34.6. The molecule has 9 heteroatoms. The van der Waals surface area contributed by atoms with Crippen LogP contribution in [0.15, 0.2) is 106 Å². The van der Waals surface area contributed by atoms with Crippen LogP contribution in [0.4, 0.5) is 0 Å². The van der Waals surface area contributed by atoms with Gasteiger partial charge in [-0.15, -0.1) is 0 Å². The van der Waals surface area contributed by atoms with Gasteiger partial charge in [0.2, 0.25) is 0 Å². The molecule has 0 heterocycles. The van der Waals surface area contributed by atoms with E-state index in [4.69, 9.17) is 15.3 Å². The van der Waals surface area contributed by atoms with Gasteiger partial charge in [-0.25, -0.2) is 0 Å². The summed E-state index contributed by atoms with van der Waals surface area (Å²) in [5, 5.41) is 16.6. The first-order valence-corrected chi connectivity index (χ1v) is 26.7. The Morgan fingerprint density at radius 2 is 0.733 bits per heavy atom. The Bertz CT molecular complexity index is 1370. The molecular formula is C36H54N6Si3. The van der Waals surface area contributed by atoms with Gasteiger partial charge in [0.15, 0.2) is 24.7 Å². The van der Waals surface area contributed by atoms with Crippen molar-refractivity contribution in [3.63, 3.8) is 0 Å². The van der Waals surface area contributed by atoms with Gasteiger partial charge in [-0.05, 0) is 36.0 Å². The third-order valence-electron chi connectivity index (χ3n) is 7.93. The minimum absolute atomic E-state index is 0.782. The average molecular weight is 655 g/mol. The van der Waals surface area contributed by atoms with E-state index in [1.54, 1.807) is 0 Å². The first-order valence-electron chi connectivity index (χ1n) is 16.4. The normalized spacial score (nSPS) is 16.2. The molecule has 0 aliphatic heterocycles. The maximum Gasteiger partial charge on any atom is 0.169 e. The molecule has 1 aliphatic carbocycles. The second-order valence-electron chi connectivity index (χ2n) is 15.0. The van der Waals surface area contributed by atoms with Crippen molar-refractivity contribution in [2.75, 3.05) is 0 Å². The molecule has 45 heavy (non-hydrogen) atoms. The number of hydrogen-bond donors (Lipinski definition) is 0. The van der Waals surface area contributed by atoms with E-state index in [0.29, 0.717) is 0 Å². The van der Waals surface area contributed by atoms with Crippen molar-refractivity contribution in [1.82, 2.24) is 14.0 Å². The highest BCUT2D eigenvalue weighted by Crippen LogP contribution is 2.24. The van der Waals surface area contributed by atoms with Crippen molar-refractivity contribution in [1.29, 1.82) is 0 Å². The van der Waals surface area contributed by atoms with E-state index < -0.39 is 24.7 Å². The first-order chi connectivity index (χ1) is 21.2. The lowest BCUT2D eigenvalue weighted by molar-refractivity contribution is 0.435. The second kappa shape index (κ2) is 14.9. The molecule has 1 saturated carbocycles. The molecule has 0 atom stereocenters. The number of hydrazone groups is 3. The molecule has 0 bridgehead atoms. The standard InChI is InChI=1S/C36H54N6Si3/c1-43(2,3)40(28-31-20-13-10-14-21-31)37-34-26-19-27-35(38-41(44(4,5)6)29-32-22-15-11-16-23-32)36(34)39-42(45(7,8)9)30-33-24-17-12-18-25-33/h10-18,20-25H,19,26-30H2,1-9H3.